The Morgan fingerprint density at radius 2 is 1.76 bits per heavy atom. The number of nitrogen functional groups attached to an aromatic ring is 1. The molecule has 0 spiro atoms. The fourth-order valence-electron chi connectivity index (χ4n) is 2.40. The normalized spacial score (nSPS) is 10.8. The van der Waals surface area contributed by atoms with Gasteiger partial charge in [0.1, 0.15) is 12.1 Å². The summed E-state index contributed by atoms with van der Waals surface area (Å²) < 4.78 is 1.07. The Kier molecular flexibility index (Phi) is 3.51. The molecule has 4 nitrogen and oxygen atoms in total. The lowest BCUT2D eigenvalue weighted by Gasteiger charge is -2.14. The molecule has 0 unspecified atom stereocenters. The molecule has 0 amide bonds. The number of rotatable bonds is 2. The SMILES string of the molecule is Cc1cc(Br)cc(C)c1Nc1ncnc2cc(N)ccc12. The number of nitrogens with two attached hydrogens (primary N) is 1. The maximum Gasteiger partial charge on any atom is 0.141 e. The maximum atomic E-state index is 5.81. The highest BCUT2D eigenvalue weighted by Crippen LogP contribution is 2.30. The number of aromatic nitrogens is 2. The van der Waals surface area contributed by atoms with Crippen LogP contribution < -0.4 is 11.1 Å². The zero-order chi connectivity index (χ0) is 15.0. The number of hydrogen-bond donors (Lipinski definition) is 2. The molecule has 0 bridgehead atoms. The Labute approximate surface area is 131 Å². The molecule has 0 fully saturated rings. The van der Waals surface area contributed by atoms with Gasteiger partial charge in [0.2, 0.25) is 0 Å². The highest BCUT2D eigenvalue weighted by Gasteiger charge is 2.09. The van der Waals surface area contributed by atoms with Crippen LogP contribution in [0.2, 0.25) is 0 Å². The second-order valence-electron chi connectivity index (χ2n) is 5.04. The monoisotopic (exact) mass is 342 g/mol. The maximum absolute atomic E-state index is 5.81. The van der Waals surface area contributed by atoms with E-state index < -0.39 is 0 Å². The number of halogens is 1. The molecule has 2 aromatic carbocycles. The fraction of sp³-hybridized carbons (Fsp3) is 0.125. The van der Waals surface area contributed by atoms with Crippen LogP contribution in [0.3, 0.4) is 0 Å². The van der Waals surface area contributed by atoms with Crippen molar-refractivity contribution >= 4 is 44.0 Å². The van der Waals surface area contributed by atoms with E-state index >= 15 is 0 Å². The average molecular weight is 343 g/mol. The zero-order valence-corrected chi connectivity index (χ0v) is 13.4. The molecule has 0 atom stereocenters. The standard InChI is InChI=1S/C16H15BrN4/c1-9-5-11(17)6-10(2)15(9)21-16-13-4-3-12(18)7-14(13)19-8-20-16/h3-8H,18H2,1-2H3,(H,19,20,21). The predicted octanol–water partition coefficient (Wildman–Crippen LogP) is 4.33. The minimum absolute atomic E-state index is 0.697. The molecular formula is C16H15BrN4. The molecule has 3 N–H and O–H groups in total. The summed E-state index contributed by atoms with van der Waals surface area (Å²) in [6.07, 6.45) is 1.55. The van der Waals surface area contributed by atoms with Crippen LogP contribution in [0.1, 0.15) is 11.1 Å². The Morgan fingerprint density at radius 1 is 1.05 bits per heavy atom. The minimum Gasteiger partial charge on any atom is -0.399 e. The smallest absolute Gasteiger partial charge is 0.141 e. The topological polar surface area (TPSA) is 63.8 Å². The first-order valence-electron chi connectivity index (χ1n) is 6.58. The quantitative estimate of drug-likeness (QED) is 0.680. The Bertz CT molecular complexity index is 807. The zero-order valence-electron chi connectivity index (χ0n) is 11.8. The van der Waals surface area contributed by atoms with Gasteiger partial charge in [0.25, 0.3) is 0 Å². The van der Waals surface area contributed by atoms with Crippen LogP contribution in [0.25, 0.3) is 10.9 Å². The van der Waals surface area contributed by atoms with E-state index in [1.165, 1.54) is 0 Å². The van der Waals surface area contributed by atoms with Gasteiger partial charge in [-0.1, -0.05) is 15.9 Å². The molecule has 21 heavy (non-hydrogen) atoms. The minimum atomic E-state index is 0.697. The summed E-state index contributed by atoms with van der Waals surface area (Å²) in [5, 5.41) is 4.37. The van der Waals surface area contributed by atoms with E-state index in [1.807, 2.05) is 18.2 Å². The number of nitrogens with one attached hydrogen (secondary N) is 1. The van der Waals surface area contributed by atoms with Crippen LogP contribution in [0.5, 0.6) is 0 Å². The Balaban J connectivity index is 2.11. The molecule has 106 valence electrons. The largest absolute Gasteiger partial charge is 0.399 e. The molecule has 0 aliphatic carbocycles. The molecule has 3 rings (SSSR count). The van der Waals surface area contributed by atoms with Crippen molar-refractivity contribution in [1.29, 1.82) is 0 Å². The lowest BCUT2D eigenvalue weighted by atomic mass is 10.1. The van der Waals surface area contributed by atoms with Crippen LogP contribution in [-0.4, -0.2) is 9.97 Å². The predicted molar refractivity (Wildman–Crippen MR) is 90.8 cm³/mol. The summed E-state index contributed by atoms with van der Waals surface area (Å²) in [5.74, 6) is 0.786. The van der Waals surface area contributed by atoms with Crippen LogP contribution in [-0.2, 0) is 0 Å². The second-order valence-corrected chi connectivity index (χ2v) is 5.95. The van der Waals surface area contributed by atoms with Gasteiger partial charge in [-0.25, -0.2) is 9.97 Å². The lowest BCUT2D eigenvalue weighted by Crippen LogP contribution is -2.00. The van der Waals surface area contributed by atoms with Crippen molar-refractivity contribution in [2.45, 2.75) is 13.8 Å². The van der Waals surface area contributed by atoms with Gasteiger partial charge in [-0.2, -0.15) is 0 Å². The molecule has 0 saturated carbocycles. The van der Waals surface area contributed by atoms with Crippen LogP contribution in [0.15, 0.2) is 41.1 Å². The van der Waals surface area contributed by atoms with Crippen molar-refractivity contribution in [2.24, 2.45) is 0 Å². The van der Waals surface area contributed by atoms with E-state index in [9.17, 15) is 0 Å². The van der Waals surface area contributed by atoms with Crippen LogP contribution in [0, 0.1) is 13.8 Å². The van der Waals surface area contributed by atoms with E-state index in [-0.39, 0.29) is 0 Å². The first kappa shape index (κ1) is 13.8. The van der Waals surface area contributed by atoms with E-state index in [2.05, 4.69) is 57.2 Å². The molecule has 3 aromatic rings. The molecule has 5 heteroatoms. The number of hydrogen-bond acceptors (Lipinski definition) is 4. The number of fused-ring (bicyclic) bond motifs is 1. The van der Waals surface area contributed by atoms with Gasteiger partial charge in [-0.3, -0.25) is 0 Å². The first-order chi connectivity index (χ1) is 10.0. The average Bonchev–Trinajstić information content (AvgIpc) is 2.42. The summed E-state index contributed by atoms with van der Waals surface area (Å²) >= 11 is 3.51. The van der Waals surface area contributed by atoms with E-state index in [0.29, 0.717) is 5.69 Å². The summed E-state index contributed by atoms with van der Waals surface area (Å²) in [6.45, 7) is 4.14. The lowest BCUT2D eigenvalue weighted by molar-refractivity contribution is 1.21. The number of aryl methyl sites for hydroxylation is 2. The van der Waals surface area contributed by atoms with Gasteiger partial charge in [-0.05, 0) is 55.3 Å². The van der Waals surface area contributed by atoms with E-state index in [0.717, 1.165) is 38.0 Å². The highest BCUT2D eigenvalue weighted by atomic mass is 79.9. The highest BCUT2D eigenvalue weighted by molar-refractivity contribution is 9.10. The van der Waals surface area contributed by atoms with Gasteiger partial charge in [0.05, 0.1) is 5.52 Å². The van der Waals surface area contributed by atoms with Crippen molar-refractivity contribution < 1.29 is 0 Å². The second kappa shape index (κ2) is 5.33. The Morgan fingerprint density at radius 3 is 2.48 bits per heavy atom. The Hall–Kier alpha value is -2.14. The molecular weight excluding hydrogens is 328 g/mol. The van der Waals surface area contributed by atoms with Crippen molar-refractivity contribution in [3.8, 4) is 0 Å². The van der Waals surface area contributed by atoms with Gasteiger partial charge in [-0.15, -0.1) is 0 Å². The van der Waals surface area contributed by atoms with Crippen molar-refractivity contribution in [3.63, 3.8) is 0 Å². The first-order valence-corrected chi connectivity index (χ1v) is 7.38. The van der Waals surface area contributed by atoms with Gasteiger partial charge >= 0.3 is 0 Å². The van der Waals surface area contributed by atoms with Gasteiger partial charge < -0.3 is 11.1 Å². The third-order valence-corrected chi connectivity index (χ3v) is 3.86. The van der Waals surface area contributed by atoms with Crippen LogP contribution in [0.4, 0.5) is 17.2 Å². The van der Waals surface area contributed by atoms with Gasteiger partial charge in [0.15, 0.2) is 0 Å². The van der Waals surface area contributed by atoms with E-state index in [4.69, 9.17) is 5.73 Å². The van der Waals surface area contributed by atoms with Crippen molar-refractivity contribution in [1.82, 2.24) is 9.97 Å². The number of nitrogens with zero attached hydrogens (tertiary/aromatic N) is 2. The van der Waals surface area contributed by atoms with Crippen molar-refractivity contribution in [2.75, 3.05) is 11.1 Å². The summed E-state index contributed by atoms with van der Waals surface area (Å²) in [7, 11) is 0. The third-order valence-electron chi connectivity index (χ3n) is 3.40. The molecule has 0 aliphatic heterocycles. The molecule has 0 aliphatic rings. The molecule has 1 heterocycles. The van der Waals surface area contributed by atoms with E-state index in [1.54, 1.807) is 6.33 Å². The number of anilines is 3. The summed E-state index contributed by atoms with van der Waals surface area (Å²) in [5.41, 5.74) is 10.7. The molecule has 1 aromatic heterocycles. The van der Waals surface area contributed by atoms with Crippen molar-refractivity contribution in [3.05, 3.63) is 52.3 Å². The fourth-order valence-corrected chi connectivity index (χ4v) is 3.09. The number of benzene rings is 2. The van der Waals surface area contributed by atoms with Crippen LogP contribution >= 0.6 is 15.9 Å². The molecule has 0 saturated heterocycles. The third kappa shape index (κ3) is 2.69. The van der Waals surface area contributed by atoms with Gasteiger partial charge in [0, 0.05) is 21.2 Å². The summed E-state index contributed by atoms with van der Waals surface area (Å²) in [4.78, 5) is 8.63. The summed E-state index contributed by atoms with van der Waals surface area (Å²) in [6, 6.07) is 9.81. The molecule has 0 radical (unpaired) electrons.